The lowest BCUT2D eigenvalue weighted by Crippen LogP contribution is -1.76. The molecule has 2 rings (SSSR count). The summed E-state index contributed by atoms with van der Waals surface area (Å²) in [6.07, 6.45) is 0. The molecule has 0 saturated carbocycles. The lowest BCUT2D eigenvalue weighted by atomic mass is 10.2. The van der Waals surface area contributed by atoms with Crippen molar-refractivity contribution < 1.29 is 0 Å². The van der Waals surface area contributed by atoms with Crippen LogP contribution in [0.4, 0.5) is 0 Å². The standard InChI is InChI=1S/C11H10S2/c1-2-4-10(5-3-1)8-13-11-6-7-12-9-11/h1-7,9H,8H2. The molecule has 0 atom stereocenters. The average molecular weight is 206 g/mol. The minimum atomic E-state index is 1.07. The fourth-order valence-electron chi connectivity index (χ4n) is 1.08. The first-order valence-electron chi connectivity index (χ1n) is 4.14. The molecular formula is C11H10S2. The van der Waals surface area contributed by atoms with Gasteiger partial charge in [0, 0.05) is 16.0 Å². The fraction of sp³-hybridized carbons (Fsp3) is 0.0909. The van der Waals surface area contributed by atoms with Crippen LogP contribution in [-0.4, -0.2) is 0 Å². The van der Waals surface area contributed by atoms with Crippen LogP contribution < -0.4 is 0 Å². The van der Waals surface area contributed by atoms with Crippen molar-refractivity contribution in [1.82, 2.24) is 0 Å². The van der Waals surface area contributed by atoms with Crippen molar-refractivity contribution in [2.24, 2.45) is 0 Å². The van der Waals surface area contributed by atoms with Crippen LogP contribution in [0, 0.1) is 0 Å². The molecule has 0 aliphatic heterocycles. The molecule has 2 aromatic rings. The van der Waals surface area contributed by atoms with Gasteiger partial charge in [0.25, 0.3) is 0 Å². The Kier molecular flexibility index (Phi) is 3.06. The molecule has 1 aromatic heterocycles. The first-order chi connectivity index (χ1) is 6.45. The molecule has 0 aliphatic carbocycles. The van der Waals surface area contributed by atoms with E-state index >= 15 is 0 Å². The molecule has 13 heavy (non-hydrogen) atoms. The first-order valence-corrected chi connectivity index (χ1v) is 6.07. The van der Waals surface area contributed by atoms with Crippen LogP contribution in [0.2, 0.25) is 0 Å². The number of thiophene rings is 1. The summed E-state index contributed by atoms with van der Waals surface area (Å²) in [6.45, 7) is 0. The van der Waals surface area contributed by atoms with Gasteiger partial charge < -0.3 is 0 Å². The highest BCUT2D eigenvalue weighted by Crippen LogP contribution is 2.24. The van der Waals surface area contributed by atoms with Crippen LogP contribution in [-0.2, 0) is 5.75 Å². The van der Waals surface area contributed by atoms with Gasteiger partial charge in [-0.25, -0.2) is 0 Å². The minimum Gasteiger partial charge on any atom is -0.151 e. The van der Waals surface area contributed by atoms with Gasteiger partial charge in [-0.2, -0.15) is 11.3 Å². The second-order valence-corrected chi connectivity index (χ2v) is 4.56. The highest BCUT2D eigenvalue weighted by Gasteiger charge is 1.94. The van der Waals surface area contributed by atoms with E-state index in [1.807, 2.05) is 11.8 Å². The Balaban J connectivity index is 1.94. The van der Waals surface area contributed by atoms with Crippen molar-refractivity contribution in [2.45, 2.75) is 10.6 Å². The predicted molar refractivity (Wildman–Crippen MR) is 60.3 cm³/mol. The van der Waals surface area contributed by atoms with Crippen molar-refractivity contribution >= 4 is 23.1 Å². The van der Waals surface area contributed by atoms with Crippen LogP contribution in [0.1, 0.15) is 5.56 Å². The second kappa shape index (κ2) is 4.49. The van der Waals surface area contributed by atoms with Crippen molar-refractivity contribution in [3.05, 3.63) is 52.7 Å². The van der Waals surface area contributed by atoms with Crippen molar-refractivity contribution in [2.75, 3.05) is 0 Å². The summed E-state index contributed by atoms with van der Waals surface area (Å²) < 4.78 is 0. The second-order valence-electron chi connectivity index (χ2n) is 2.73. The van der Waals surface area contributed by atoms with E-state index in [9.17, 15) is 0 Å². The zero-order valence-corrected chi connectivity index (χ0v) is 8.78. The van der Waals surface area contributed by atoms with E-state index < -0.39 is 0 Å². The molecule has 2 heteroatoms. The van der Waals surface area contributed by atoms with E-state index in [2.05, 4.69) is 47.2 Å². The largest absolute Gasteiger partial charge is 0.151 e. The molecule has 0 aliphatic rings. The van der Waals surface area contributed by atoms with E-state index in [0.717, 1.165) is 5.75 Å². The molecule has 0 nitrogen and oxygen atoms in total. The van der Waals surface area contributed by atoms with Crippen LogP contribution in [0.3, 0.4) is 0 Å². The molecule has 0 amide bonds. The lowest BCUT2D eigenvalue weighted by Gasteiger charge is -1.98. The van der Waals surface area contributed by atoms with Gasteiger partial charge in [0.05, 0.1) is 0 Å². The number of hydrogen-bond acceptors (Lipinski definition) is 2. The van der Waals surface area contributed by atoms with Crippen LogP contribution in [0.15, 0.2) is 52.1 Å². The van der Waals surface area contributed by atoms with E-state index in [0.29, 0.717) is 0 Å². The van der Waals surface area contributed by atoms with Gasteiger partial charge in [-0.15, -0.1) is 11.8 Å². The zero-order valence-electron chi connectivity index (χ0n) is 7.14. The van der Waals surface area contributed by atoms with Crippen molar-refractivity contribution in [3.63, 3.8) is 0 Å². The predicted octanol–water partition coefficient (Wildman–Crippen LogP) is 4.04. The van der Waals surface area contributed by atoms with Crippen LogP contribution in [0.25, 0.3) is 0 Å². The molecule has 0 spiro atoms. The highest BCUT2D eigenvalue weighted by atomic mass is 32.2. The van der Waals surface area contributed by atoms with Gasteiger partial charge in [-0.1, -0.05) is 30.3 Å². The third kappa shape index (κ3) is 2.61. The first kappa shape index (κ1) is 8.85. The normalized spacial score (nSPS) is 10.2. The number of hydrogen-bond donors (Lipinski definition) is 0. The Bertz CT molecular complexity index is 338. The monoisotopic (exact) mass is 206 g/mol. The Morgan fingerprint density at radius 2 is 1.92 bits per heavy atom. The summed E-state index contributed by atoms with van der Waals surface area (Å²) in [5.74, 6) is 1.07. The molecule has 0 bridgehead atoms. The Morgan fingerprint density at radius 1 is 1.08 bits per heavy atom. The van der Waals surface area contributed by atoms with E-state index in [1.54, 1.807) is 11.3 Å². The third-order valence-corrected chi connectivity index (χ3v) is 3.64. The third-order valence-electron chi connectivity index (χ3n) is 1.74. The quantitative estimate of drug-likeness (QED) is 0.683. The molecule has 0 unspecified atom stereocenters. The average Bonchev–Trinajstić information content (AvgIpc) is 2.69. The van der Waals surface area contributed by atoms with Gasteiger partial charge in [-0.3, -0.25) is 0 Å². The Labute approximate surface area is 86.6 Å². The summed E-state index contributed by atoms with van der Waals surface area (Å²) in [6, 6.07) is 12.7. The van der Waals surface area contributed by atoms with Crippen LogP contribution in [0.5, 0.6) is 0 Å². The molecule has 1 heterocycles. The van der Waals surface area contributed by atoms with E-state index in [4.69, 9.17) is 0 Å². The molecule has 0 radical (unpaired) electrons. The van der Waals surface area contributed by atoms with Gasteiger partial charge in [-0.05, 0) is 17.0 Å². The topological polar surface area (TPSA) is 0 Å². The highest BCUT2D eigenvalue weighted by molar-refractivity contribution is 7.98. The molecule has 0 N–H and O–H groups in total. The van der Waals surface area contributed by atoms with E-state index in [1.165, 1.54) is 10.5 Å². The maximum Gasteiger partial charge on any atom is 0.0232 e. The SMILES string of the molecule is c1ccc(CSc2ccsc2)cc1. The molecule has 66 valence electrons. The molecule has 0 fully saturated rings. The number of rotatable bonds is 3. The minimum absolute atomic E-state index is 1.07. The lowest BCUT2D eigenvalue weighted by molar-refractivity contribution is 1.40. The Morgan fingerprint density at radius 3 is 2.62 bits per heavy atom. The van der Waals surface area contributed by atoms with E-state index in [-0.39, 0.29) is 0 Å². The van der Waals surface area contributed by atoms with Gasteiger partial charge in [0.15, 0.2) is 0 Å². The van der Waals surface area contributed by atoms with Gasteiger partial charge in [0.1, 0.15) is 0 Å². The van der Waals surface area contributed by atoms with Crippen molar-refractivity contribution in [3.8, 4) is 0 Å². The summed E-state index contributed by atoms with van der Waals surface area (Å²) in [7, 11) is 0. The number of thioether (sulfide) groups is 1. The fourth-order valence-corrected chi connectivity index (χ4v) is 2.81. The maximum atomic E-state index is 2.19. The Hall–Kier alpha value is -0.730. The molecule has 1 aromatic carbocycles. The zero-order chi connectivity index (χ0) is 8.93. The molecule has 0 saturated heterocycles. The smallest absolute Gasteiger partial charge is 0.0232 e. The maximum absolute atomic E-state index is 2.19. The van der Waals surface area contributed by atoms with Crippen molar-refractivity contribution in [1.29, 1.82) is 0 Å². The van der Waals surface area contributed by atoms with Gasteiger partial charge in [0.2, 0.25) is 0 Å². The summed E-state index contributed by atoms with van der Waals surface area (Å²) in [5, 5.41) is 4.31. The summed E-state index contributed by atoms with van der Waals surface area (Å²) >= 11 is 3.64. The number of benzene rings is 1. The molecular weight excluding hydrogens is 196 g/mol. The van der Waals surface area contributed by atoms with Gasteiger partial charge >= 0.3 is 0 Å². The summed E-state index contributed by atoms with van der Waals surface area (Å²) in [5.41, 5.74) is 1.39. The van der Waals surface area contributed by atoms with Crippen LogP contribution >= 0.6 is 23.1 Å². The summed E-state index contributed by atoms with van der Waals surface area (Å²) in [4.78, 5) is 1.37.